The van der Waals surface area contributed by atoms with Gasteiger partial charge < -0.3 is 14.6 Å². The predicted molar refractivity (Wildman–Crippen MR) is 201 cm³/mol. The molecule has 0 radical (unpaired) electrons. The molecule has 1 atom stereocenters. The van der Waals surface area contributed by atoms with Crippen molar-refractivity contribution in [3.05, 3.63) is 0 Å². The fraction of sp³-hybridized carbons (Fsp3) is 0.952. The minimum absolute atomic E-state index is 0.109. The van der Waals surface area contributed by atoms with Crippen molar-refractivity contribution in [1.29, 1.82) is 0 Å². The van der Waals surface area contributed by atoms with Gasteiger partial charge in [0.1, 0.15) is 19.3 Å². The van der Waals surface area contributed by atoms with Gasteiger partial charge >= 0.3 is 11.9 Å². The third-order valence-electron chi connectivity index (χ3n) is 9.45. The molecule has 47 heavy (non-hydrogen) atoms. The average Bonchev–Trinajstić information content (AvgIpc) is 3.04. The van der Waals surface area contributed by atoms with Crippen molar-refractivity contribution in [1.82, 2.24) is 0 Å². The molecular formula is C42H82O5. The summed E-state index contributed by atoms with van der Waals surface area (Å²) in [5, 5.41) is 10.0. The first kappa shape index (κ1) is 45.9. The molecule has 0 unspecified atom stereocenters. The summed E-state index contributed by atoms with van der Waals surface area (Å²) in [5.41, 5.74) is 0. The van der Waals surface area contributed by atoms with E-state index in [0.29, 0.717) is 12.8 Å². The van der Waals surface area contributed by atoms with Gasteiger partial charge in [-0.25, -0.2) is 0 Å². The number of carbonyl (C=O) groups excluding carboxylic acids is 2. The van der Waals surface area contributed by atoms with Crippen LogP contribution in [0.3, 0.4) is 0 Å². The standard InChI is InChI=1S/C42H82O5/c1-38(2)32-28-24-20-16-12-8-5-6-10-14-18-22-26-30-34-41(44)46-36-40(43)37-47-42(45)35-31-27-23-19-15-11-7-9-13-17-21-25-29-33-39(3)4/h38-40,43H,5-37H2,1-4H3/t40-/m0/s1. The van der Waals surface area contributed by atoms with Crippen LogP contribution < -0.4 is 0 Å². The van der Waals surface area contributed by atoms with Gasteiger partial charge in [0, 0.05) is 12.8 Å². The number of rotatable bonds is 37. The lowest BCUT2D eigenvalue weighted by Crippen LogP contribution is -2.25. The number of aliphatic hydroxyl groups is 1. The molecule has 0 spiro atoms. The van der Waals surface area contributed by atoms with E-state index in [1.54, 1.807) is 0 Å². The number of aliphatic hydroxyl groups excluding tert-OH is 1. The van der Waals surface area contributed by atoms with Crippen LogP contribution in [0.1, 0.15) is 227 Å². The Morgan fingerprint density at radius 3 is 0.830 bits per heavy atom. The van der Waals surface area contributed by atoms with Crippen molar-refractivity contribution in [2.75, 3.05) is 13.2 Å². The van der Waals surface area contributed by atoms with Crippen LogP contribution >= 0.6 is 0 Å². The molecule has 0 saturated carbocycles. The van der Waals surface area contributed by atoms with Crippen LogP contribution in [0.2, 0.25) is 0 Å². The summed E-state index contributed by atoms with van der Waals surface area (Å²) in [6.45, 7) is 9.04. The number of esters is 2. The maximum atomic E-state index is 12.0. The number of unbranched alkanes of at least 4 members (excludes halogenated alkanes) is 25. The zero-order valence-corrected chi connectivity index (χ0v) is 32.1. The van der Waals surface area contributed by atoms with Gasteiger partial charge in [-0.2, -0.15) is 0 Å². The molecule has 0 bridgehead atoms. The van der Waals surface area contributed by atoms with Crippen molar-refractivity contribution in [2.24, 2.45) is 11.8 Å². The molecular weight excluding hydrogens is 584 g/mol. The lowest BCUT2D eigenvalue weighted by atomic mass is 10.0. The van der Waals surface area contributed by atoms with Crippen LogP contribution in [0.5, 0.6) is 0 Å². The van der Waals surface area contributed by atoms with E-state index in [0.717, 1.165) is 37.5 Å². The quantitative estimate of drug-likeness (QED) is 0.0527. The molecule has 0 aliphatic heterocycles. The summed E-state index contributed by atoms with van der Waals surface area (Å²) in [6.07, 6.45) is 37.3. The lowest BCUT2D eigenvalue weighted by Gasteiger charge is -2.12. The number of ether oxygens (including phenoxy) is 2. The summed E-state index contributed by atoms with van der Waals surface area (Å²) >= 11 is 0. The summed E-state index contributed by atoms with van der Waals surface area (Å²) < 4.78 is 10.4. The van der Waals surface area contributed by atoms with Crippen molar-refractivity contribution in [2.45, 2.75) is 233 Å². The van der Waals surface area contributed by atoms with Crippen molar-refractivity contribution < 1.29 is 24.2 Å². The van der Waals surface area contributed by atoms with Gasteiger partial charge in [-0.05, 0) is 24.7 Å². The minimum Gasteiger partial charge on any atom is -0.463 e. The summed E-state index contributed by atoms with van der Waals surface area (Å²) in [5.74, 6) is 1.15. The molecule has 0 aliphatic rings. The minimum atomic E-state index is -0.956. The Morgan fingerprint density at radius 1 is 0.383 bits per heavy atom. The SMILES string of the molecule is CC(C)CCCCCCCCCCCCCCCCC(=O)OC[C@H](O)COC(=O)CCCCCCCCCCCCCCCC(C)C. The van der Waals surface area contributed by atoms with Gasteiger partial charge in [0.05, 0.1) is 0 Å². The van der Waals surface area contributed by atoms with Gasteiger partial charge in [-0.15, -0.1) is 0 Å². The Kier molecular flexibility index (Phi) is 35.3. The molecule has 280 valence electrons. The topological polar surface area (TPSA) is 72.8 Å². The van der Waals surface area contributed by atoms with E-state index in [1.165, 1.54) is 161 Å². The highest BCUT2D eigenvalue weighted by molar-refractivity contribution is 5.69. The van der Waals surface area contributed by atoms with E-state index in [9.17, 15) is 14.7 Å². The third-order valence-corrected chi connectivity index (χ3v) is 9.45. The van der Waals surface area contributed by atoms with E-state index < -0.39 is 6.10 Å². The van der Waals surface area contributed by atoms with Gasteiger partial charge in [0.2, 0.25) is 0 Å². The maximum absolute atomic E-state index is 12.0. The fourth-order valence-electron chi connectivity index (χ4n) is 6.28. The largest absolute Gasteiger partial charge is 0.463 e. The highest BCUT2D eigenvalue weighted by Gasteiger charge is 2.12. The lowest BCUT2D eigenvalue weighted by molar-refractivity contribution is -0.152. The predicted octanol–water partition coefficient (Wildman–Crippen LogP) is 12.8. The molecule has 0 fully saturated rings. The molecule has 0 aromatic heterocycles. The van der Waals surface area contributed by atoms with Crippen molar-refractivity contribution in [3.63, 3.8) is 0 Å². The second-order valence-corrected chi connectivity index (χ2v) is 15.4. The van der Waals surface area contributed by atoms with Gasteiger partial charge in [-0.1, -0.05) is 201 Å². The summed E-state index contributed by atoms with van der Waals surface area (Å²) in [4.78, 5) is 24.0. The highest BCUT2D eigenvalue weighted by atomic mass is 16.6. The fourth-order valence-corrected chi connectivity index (χ4v) is 6.28. The first-order chi connectivity index (χ1) is 22.8. The molecule has 0 aromatic rings. The van der Waals surface area contributed by atoms with Crippen LogP contribution in [0, 0.1) is 11.8 Å². The van der Waals surface area contributed by atoms with E-state index in [1.807, 2.05) is 0 Å². The normalized spacial score (nSPS) is 12.2. The molecule has 1 N–H and O–H groups in total. The van der Waals surface area contributed by atoms with Crippen LogP contribution in [0.15, 0.2) is 0 Å². The zero-order chi connectivity index (χ0) is 34.6. The van der Waals surface area contributed by atoms with Crippen molar-refractivity contribution in [3.8, 4) is 0 Å². The zero-order valence-electron chi connectivity index (χ0n) is 32.1. The van der Waals surface area contributed by atoms with Crippen LogP contribution in [0.4, 0.5) is 0 Å². The Bertz CT molecular complexity index is 661. The smallest absolute Gasteiger partial charge is 0.305 e. The van der Waals surface area contributed by atoms with E-state index in [-0.39, 0.29) is 25.2 Å². The van der Waals surface area contributed by atoms with Gasteiger partial charge in [-0.3, -0.25) is 9.59 Å². The molecule has 0 heterocycles. The summed E-state index contributed by atoms with van der Waals surface area (Å²) in [7, 11) is 0. The number of hydrogen-bond donors (Lipinski definition) is 1. The molecule has 5 heteroatoms. The van der Waals surface area contributed by atoms with E-state index in [2.05, 4.69) is 27.7 Å². The third kappa shape index (κ3) is 39.2. The number of hydrogen-bond acceptors (Lipinski definition) is 5. The second kappa shape index (κ2) is 36.2. The highest BCUT2D eigenvalue weighted by Crippen LogP contribution is 2.16. The van der Waals surface area contributed by atoms with E-state index >= 15 is 0 Å². The Labute approximate surface area is 293 Å². The molecule has 0 saturated heterocycles. The van der Waals surface area contributed by atoms with Crippen LogP contribution in [-0.2, 0) is 19.1 Å². The van der Waals surface area contributed by atoms with Gasteiger partial charge in [0.15, 0.2) is 0 Å². The average molecular weight is 667 g/mol. The van der Waals surface area contributed by atoms with Crippen LogP contribution in [0.25, 0.3) is 0 Å². The van der Waals surface area contributed by atoms with E-state index in [4.69, 9.17) is 9.47 Å². The molecule has 0 aromatic carbocycles. The van der Waals surface area contributed by atoms with Gasteiger partial charge in [0.25, 0.3) is 0 Å². The summed E-state index contributed by atoms with van der Waals surface area (Å²) in [6, 6.07) is 0. The second-order valence-electron chi connectivity index (χ2n) is 15.4. The number of carbonyl (C=O) groups is 2. The molecule has 5 nitrogen and oxygen atoms in total. The monoisotopic (exact) mass is 667 g/mol. The maximum Gasteiger partial charge on any atom is 0.305 e. The Hall–Kier alpha value is -1.10. The first-order valence-electron chi connectivity index (χ1n) is 20.8. The molecule has 0 aliphatic carbocycles. The molecule has 0 amide bonds. The first-order valence-corrected chi connectivity index (χ1v) is 20.8. The Morgan fingerprint density at radius 2 is 0.596 bits per heavy atom. The Balaban J connectivity index is 3.37. The van der Waals surface area contributed by atoms with Crippen LogP contribution in [-0.4, -0.2) is 36.4 Å². The molecule has 0 rings (SSSR count). The van der Waals surface area contributed by atoms with Crippen molar-refractivity contribution >= 4 is 11.9 Å².